The monoisotopic (exact) mass is 301 g/mol. The summed E-state index contributed by atoms with van der Waals surface area (Å²) in [5, 5.41) is 6.48. The molecule has 0 aliphatic carbocycles. The summed E-state index contributed by atoms with van der Waals surface area (Å²) in [6.45, 7) is 5.73. The average Bonchev–Trinajstić information content (AvgIpc) is 3.06. The summed E-state index contributed by atoms with van der Waals surface area (Å²) in [7, 11) is 0. The van der Waals surface area contributed by atoms with E-state index in [-0.39, 0.29) is 0 Å². The summed E-state index contributed by atoms with van der Waals surface area (Å²) < 4.78 is 7.70. The number of pyridine rings is 1. The van der Waals surface area contributed by atoms with Crippen LogP contribution in [0, 0.1) is 0 Å². The van der Waals surface area contributed by atoms with Gasteiger partial charge >= 0.3 is 0 Å². The molecule has 0 aliphatic rings. The van der Waals surface area contributed by atoms with Gasteiger partial charge in [0.05, 0.1) is 19.3 Å². The standard InChI is InChI=1S/C16H23N5O/c1-2-18-16(19-8-12-21-10-3-4-11-21)20-9-13-22-15-6-5-7-17-14-15/h3-7,10-11,14H,2,8-9,12-13H2,1H3,(H2,18,19,20). The van der Waals surface area contributed by atoms with Gasteiger partial charge in [0.15, 0.2) is 5.96 Å². The van der Waals surface area contributed by atoms with Gasteiger partial charge in [0.25, 0.3) is 0 Å². The van der Waals surface area contributed by atoms with Crippen molar-refractivity contribution in [2.24, 2.45) is 4.99 Å². The Labute approximate surface area is 131 Å². The van der Waals surface area contributed by atoms with Crippen LogP contribution >= 0.6 is 0 Å². The highest BCUT2D eigenvalue weighted by atomic mass is 16.5. The van der Waals surface area contributed by atoms with Gasteiger partial charge in [0.2, 0.25) is 0 Å². The highest BCUT2D eigenvalue weighted by Crippen LogP contribution is 2.04. The maximum atomic E-state index is 5.59. The van der Waals surface area contributed by atoms with E-state index in [1.165, 1.54) is 0 Å². The predicted octanol–water partition coefficient (Wildman–Crippen LogP) is 1.52. The number of hydrogen-bond donors (Lipinski definition) is 2. The summed E-state index contributed by atoms with van der Waals surface area (Å²) >= 11 is 0. The van der Waals surface area contributed by atoms with Crippen LogP contribution in [0.15, 0.2) is 54.0 Å². The number of nitrogens with zero attached hydrogens (tertiary/aromatic N) is 3. The number of ether oxygens (including phenoxy) is 1. The van der Waals surface area contributed by atoms with Crippen molar-refractivity contribution in [3.63, 3.8) is 0 Å². The third-order valence-corrected chi connectivity index (χ3v) is 2.94. The van der Waals surface area contributed by atoms with E-state index < -0.39 is 0 Å². The minimum Gasteiger partial charge on any atom is -0.490 e. The maximum absolute atomic E-state index is 5.59. The molecule has 0 amide bonds. The number of hydrogen-bond acceptors (Lipinski definition) is 3. The van der Waals surface area contributed by atoms with Gasteiger partial charge in [-0.1, -0.05) is 0 Å². The maximum Gasteiger partial charge on any atom is 0.191 e. The Kier molecular flexibility index (Phi) is 6.81. The molecule has 2 heterocycles. The molecule has 2 rings (SSSR count). The molecular formula is C16H23N5O. The fraction of sp³-hybridized carbons (Fsp3) is 0.375. The van der Waals surface area contributed by atoms with Crippen LogP contribution in [0.2, 0.25) is 0 Å². The SMILES string of the molecule is CCNC(=NCCn1cccc1)NCCOc1cccnc1. The zero-order valence-electron chi connectivity index (χ0n) is 12.9. The van der Waals surface area contributed by atoms with Gasteiger partial charge in [-0.15, -0.1) is 0 Å². The van der Waals surface area contributed by atoms with Crippen molar-refractivity contribution in [3.05, 3.63) is 49.1 Å². The second-order valence-electron chi connectivity index (χ2n) is 4.65. The first-order valence-corrected chi connectivity index (χ1v) is 7.54. The summed E-state index contributed by atoms with van der Waals surface area (Å²) in [5.74, 6) is 1.59. The van der Waals surface area contributed by atoms with Crippen molar-refractivity contribution in [2.45, 2.75) is 13.5 Å². The van der Waals surface area contributed by atoms with Crippen LogP contribution in [0.4, 0.5) is 0 Å². The molecule has 0 fully saturated rings. The molecule has 2 aromatic heterocycles. The molecule has 0 aromatic carbocycles. The minimum absolute atomic E-state index is 0.563. The molecule has 0 saturated heterocycles. The molecule has 0 bridgehead atoms. The summed E-state index contributed by atoms with van der Waals surface area (Å²) in [6.07, 6.45) is 7.51. The predicted molar refractivity (Wildman–Crippen MR) is 88.1 cm³/mol. The lowest BCUT2D eigenvalue weighted by Gasteiger charge is -2.12. The number of aromatic nitrogens is 2. The van der Waals surface area contributed by atoms with Crippen molar-refractivity contribution in [2.75, 3.05) is 26.2 Å². The zero-order valence-corrected chi connectivity index (χ0v) is 12.9. The van der Waals surface area contributed by atoms with Gasteiger partial charge in [-0.25, -0.2) is 0 Å². The second-order valence-corrected chi connectivity index (χ2v) is 4.65. The second kappa shape index (κ2) is 9.44. The number of guanidine groups is 1. The van der Waals surface area contributed by atoms with Gasteiger partial charge in [-0.2, -0.15) is 0 Å². The van der Waals surface area contributed by atoms with Gasteiger partial charge < -0.3 is 19.9 Å². The number of aliphatic imine (C=N–C) groups is 1. The lowest BCUT2D eigenvalue weighted by molar-refractivity contribution is 0.320. The fourth-order valence-corrected chi connectivity index (χ4v) is 1.91. The highest BCUT2D eigenvalue weighted by Gasteiger charge is 1.97. The summed E-state index contributed by atoms with van der Waals surface area (Å²) in [6, 6.07) is 7.78. The summed E-state index contributed by atoms with van der Waals surface area (Å²) in [5.41, 5.74) is 0. The van der Waals surface area contributed by atoms with Crippen LogP contribution < -0.4 is 15.4 Å². The molecule has 6 nitrogen and oxygen atoms in total. The molecule has 2 aromatic rings. The van der Waals surface area contributed by atoms with Crippen molar-refractivity contribution < 1.29 is 4.74 Å². The van der Waals surface area contributed by atoms with Crippen molar-refractivity contribution in [1.82, 2.24) is 20.2 Å². The molecule has 0 saturated carbocycles. The Balaban J connectivity index is 1.69. The zero-order chi connectivity index (χ0) is 15.5. The Hall–Kier alpha value is -2.50. The van der Waals surface area contributed by atoms with Crippen LogP contribution in [0.1, 0.15) is 6.92 Å². The van der Waals surface area contributed by atoms with Crippen LogP contribution in [0.5, 0.6) is 5.75 Å². The molecule has 0 unspecified atom stereocenters. The first-order valence-electron chi connectivity index (χ1n) is 7.54. The van der Waals surface area contributed by atoms with Crippen LogP contribution in [-0.4, -0.2) is 41.8 Å². The van der Waals surface area contributed by atoms with Crippen molar-refractivity contribution in [3.8, 4) is 5.75 Å². The molecule has 0 radical (unpaired) electrons. The molecule has 0 atom stereocenters. The van der Waals surface area contributed by atoms with Gasteiger partial charge in [0.1, 0.15) is 12.4 Å². The van der Waals surface area contributed by atoms with E-state index in [9.17, 15) is 0 Å². The lowest BCUT2D eigenvalue weighted by atomic mass is 10.5. The lowest BCUT2D eigenvalue weighted by Crippen LogP contribution is -2.39. The minimum atomic E-state index is 0.563. The highest BCUT2D eigenvalue weighted by molar-refractivity contribution is 5.79. The van der Waals surface area contributed by atoms with Crippen LogP contribution in [-0.2, 0) is 6.54 Å². The Morgan fingerprint density at radius 1 is 1.27 bits per heavy atom. The van der Waals surface area contributed by atoms with Crippen LogP contribution in [0.25, 0.3) is 0 Å². The molecule has 0 aliphatic heterocycles. The van der Waals surface area contributed by atoms with Gasteiger partial charge in [-0.05, 0) is 31.2 Å². The van der Waals surface area contributed by atoms with E-state index in [0.29, 0.717) is 13.2 Å². The van der Waals surface area contributed by atoms with E-state index in [4.69, 9.17) is 4.74 Å². The van der Waals surface area contributed by atoms with Crippen LogP contribution in [0.3, 0.4) is 0 Å². The molecule has 118 valence electrons. The quantitative estimate of drug-likeness (QED) is 0.441. The van der Waals surface area contributed by atoms with E-state index in [1.807, 2.05) is 36.7 Å². The van der Waals surface area contributed by atoms with Gasteiger partial charge in [0, 0.05) is 31.7 Å². The molecule has 2 N–H and O–H groups in total. The van der Waals surface area contributed by atoms with E-state index in [2.05, 4.69) is 32.1 Å². The van der Waals surface area contributed by atoms with E-state index in [1.54, 1.807) is 12.4 Å². The number of nitrogens with one attached hydrogen (secondary N) is 2. The Bertz CT molecular complexity index is 539. The number of rotatable bonds is 8. The first-order chi connectivity index (χ1) is 10.9. The normalized spacial score (nSPS) is 11.2. The van der Waals surface area contributed by atoms with E-state index in [0.717, 1.165) is 31.3 Å². The Morgan fingerprint density at radius 2 is 2.14 bits per heavy atom. The van der Waals surface area contributed by atoms with Crippen molar-refractivity contribution >= 4 is 5.96 Å². The van der Waals surface area contributed by atoms with E-state index >= 15 is 0 Å². The van der Waals surface area contributed by atoms with Crippen molar-refractivity contribution in [1.29, 1.82) is 0 Å². The largest absolute Gasteiger partial charge is 0.490 e. The molecule has 6 heteroatoms. The fourth-order valence-electron chi connectivity index (χ4n) is 1.91. The molecule has 22 heavy (non-hydrogen) atoms. The smallest absolute Gasteiger partial charge is 0.191 e. The third-order valence-electron chi connectivity index (χ3n) is 2.94. The topological polar surface area (TPSA) is 63.5 Å². The first kappa shape index (κ1) is 15.9. The third kappa shape index (κ3) is 5.87. The summed E-state index contributed by atoms with van der Waals surface area (Å²) in [4.78, 5) is 8.55. The molecular weight excluding hydrogens is 278 g/mol. The Morgan fingerprint density at radius 3 is 2.86 bits per heavy atom. The molecule has 0 spiro atoms. The van der Waals surface area contributed by atoms with Gasteiger partial charge in [-0.3, -0.25) is 9.98 Å². The average molecular weight is 301 g/mol.